The van der Waals surface area contributed by atoms with Crippen LogP contribution >= 0.6 is 15.9 Å². The zero-order valence-corrected chi connectivity index (χ0v) is 12.5. The zero-order valence-electron chi connectivity index (χ0n) is 10.9. The summed E-state index contributed by atoms with van der Waals surface area (Å²) in [5.74, 6) is -0.935. The van der Waals surface area contributed by atoms with E-state index >= 15 is 0 Å². The van der Waals surface area contributed by atoms with Crippen molar-refractivity contribution >= 4 is 33.7 Å². The monoisotopic (exact) mass is 339 g/mol. The first-order valence-corrected chi connectivity index (χ1v) is 7.25. The summed E-state index contributed by atoms with van der Waals surface area (Å²) in [6, 6.07) is 1.35. The smallest absolute Gasteiger partial charge is 0.268 e. The lowest BCUT2D eigenvalue weighted by atomic mass is 10.2. The van der Waals surface area contributed by atoms with Crippen LogP contribution in [0.2, 0.25) is 0 Å². The molecule has 2 aliphatic rings. The molecular formula is C13H14BrN3O3. The van der Waals surface area contributed by atoms with E-state index in [-0.39, 0.29) is 24.1 Å². The lowest BCUT2D eigenvalue weighted by Crippen LogP contribution is -2.41. The maximum absolute atomic E-state index is 12.3. The van der Waals surface area contributed by atoms with Gasteiger partial charge >= 0.3 is 0 Å². The molecular weight excluding hydrogens is 326 g/mol. The summed E-state index contributed by atoms with van der Waals surface area (Å²) in [6.07, 6.45) is 4.03. The summed E-state index contributed by atoms with van der Waals surface area (Å²) in [5, 5.41) is 2.65. The number of amides is 3. The minimum absolute atomic E-state index is 0.0341. The average molecular weight is 340 g/mol. The van der Waals surface area contributed by atoms with E-state index in [1.165, 1.54) is 7.05 Å². The summed E-state index contributed by atoms with van der Waals surface area (Å²) in [6.45, 7) is 0. The molecule has 1 atom stereocenters. The molecule has 0 radical (unpaired) electrons. The van der Waals surface area contributed by atoms with Gasteiger partial charge in [0.15, 0.2) is 0 Å². The minimum Gasteiger partial charge on any atom is -0.339 e. The van der Waals surface area contributed by atoms with Crippen LogP contribution in [0.25, 0.3) is 0 Å². The number of hydrogen-bond donors (Lipinski definition) is 1. The minimum atomic E-state index is -0.749. The Morgan fingerprint density at radius 1 is 1.40 bits per heavy atom. The van der Waals surface area contributed by atoms with E-state index in [9.17, 15) is 14.4 Å². The molecule has 1 N–H and O–H groups in total. The first-order valence-electron chi connectivity index (χ1n) is 6.46. The highest BCUT2D eigenvalue weighted by Gasteiger charge is 2.38. The van der Waals surface area contributed by atoms with Crippen LogP contribution in [0.5, 0.6) is 0 Å². The topological polar surface area (TPSA) is 71.4 Å². The molecule has 0 aromatic carbocycles. The maximum atomic E-state index is 12.3. The highest BCUT2D eigenvalue weighted by molar-refractivity contribution is 9.10. The van der Waals surface area contributed by atoms with E-state index in [0.29, 0.717) is 11.7 Å². The van der Waals surface area contributed by atoms with Crippen LogP contribution in [-0.4, -0.2) is 40.3 Å². The molecule has 1 aromatic rings. The predicted molar refractivity (Wildman–Crippen MR) is 74.1 cm³/mol. The van der Waals surface area contributed by atoms with Gasteiger partial charge in [0, 0.05) is 23.8 Å². The Labute approximate surface area is 124 Å². The third-order valence-electron chi connectivity index (χ3n) is 3.67. The van der Waals surface area contributed by atoms with Gasteiger partial charge in [0.2, 0.25) is 5.91 Å². The van der Waals surface area contributed by atoms with Crippen molar-refractivity contribution in [3.8, 4) is 0 Å². The normalized spacial score (nSPS) is 22.5. The fourth-order valence-electron chi connectivity index (χ4n) is 2.38. The van der Waals surface area contributed by atoms with E-state index in [2.05, 4.69) is 21.2 Å². The van der Waals surface area contributed by atoms with Gasteiger partial charge in [0.25, 0.3) is 11.8 Å². The Hall–Kier alpha value is -1.63. The largest absolute Gasteiger partial charge is 0.339 e. The number of imide groups is 1. The second kappa shape index (κ2) is 4.73. The number of aromatic nitrogens is 1. The number of likely N-dealkylation sites (N-methyl/N-ethyl adjacent to an activating group) is 1. The van der Waals surface area contributed by atoms with Gasteiger partial charge in [-0.2, -0.15) is 0 Å². The van der Waals surface area contributed by atoms with E-state index in [4.69, 9.17) is 0 Å². The molecule has 6 nitrogen and oxygen atoms in total. The lowest BCUT2D eigenvalue weighted by molar-refractivity contribution is -0.137. The number of rotatable bonds is 3. The summed E-state index contributed by atoms with van der Waals surface area (Å²) in [5.41, 5.74) is 0.522. The van der Waals surface area contributed by atoms with Gasteiger partial charge in [-0.15, -0.1) is 0 Å². The number of nitrogens with one attached hydrogen (secondary N) is 1. The molecule has 2 heterocycles. The fraction of sp³-hybridized carbons (Fsp3) is 0.462. The molecule has 1 unspecified atom stereocenters. The van der Waals surface area contributed by atoms with Gasteiger partial charge in [-0.25, -0.2) is 0 Å². The van der Waals surface area contributed by atoms with Crippen molar-refractivity contribution in [3.63, 3.8) is 0 Å². The van der Waals surface area contributed by atoms with Crippen molar-refractivity contribution in [1.82, 2.24) is 14.8 Å². The molecule has 0 bridgehead atoms. The Bertz CT molecular complexity index is 606. The predicted octanol–water partition coefficient (Wildman–Crippen LogP) is 1.07. The van der Waals surface area contributed by atoms with Gasteiger partial charge in [-0.3, -0.25) is 19.3 Å². The molecule has 1 saturated carbocycles. The van der Waals surface area contributed by atoms with Crippen LogP contribution in [0.4, 0.5) is 0 Å². The third-order valence-corrected chi connectivity index (χ3v) is 4.11. The number of likely N-dealkylation sites (tertiary alicyclic amines) is 1. The van der Waals surface area contributed by atoms with Crippen molar-refractivity contribution in [1.29, 1.82) is 0 Å². The SMILES string of the molecule is CN1C(=O)CC(NC(=O)c2cc(Br)cn2C2CC2)C1=O. The number of carbonyl (C=O) groups excluding carboxylic acids is 3. The standard InChI is InChI=1S/C13H14BrN3O3/c1-16-11(18)5-9(13(16)20)15-12(19)10-4-7(14)6-17(10)8-2-3-8/h4,6,8-9H,2-3,5H2,1H3,(H,15,19). The van der Waals surface area contributed by atoms with E-state index < -0.39 is 6.04 Å². The van der Waals surface area contributed by atoms with E-state index in [0.717, 1.165) is 22.2 Å². The molecule has 3 rings (SSSR count). The van der Waals surface area contributed by atoms with Crippen molar-refractivity contribution < 1.29 is 14.4 Å². The Morgan fingerprint density at radius 2 is 2.10 bits per heavy atom. The van der Waals surface area contributed by atoms with Crippen molar-refractivity contribution in [2.24, 2.45) is 0 Å². The Balaban J connectivity index is 1.77. The lowest BCUT2D eigenvalue weighted by Gasteiger charge is -2.12. The molecule has 2 fully saturated rings. The maximum Gasteiger partial charge on any atom is 0.268 e. The quantitative estimate of drug-likeness (QED) is 0.837. The second-order valence-electron chi connectivity index (χ2n) is 5.20. The molecule has 7 heteroatoms. The number of nitrogens with zero attached hydrogens (tertiary/aromatic N) is 2. The zero-order chi connectivity index (χ0) is 14.4. The molecule has 1 aromatic heterocycles. The Kier molecular flexibility index (Phi) is 3.16. The van der Waals surface area contributed by atoms with Crippen molar-refractivity contribution in [2.75, 3.05) is 7.05 Å². The number of carbonyl (C=O) groups is 3. The van der Waals surface area contributed by atoms with Crippen LogP contribution in [-0.2, 0) is 9.59 Å². The van der Waals surface area contributed by atoms with Gasteiger partial charge < -0.3 is 9.88 Å². The summed E-state index contributed by atoms with van der Waals surface area (Å²) < 4.78 is 2.75. The number of hydrogen-bond acceptors (Lipinski definition) is 3. The molecule has 3 amide bonds. The van der Waals surface area contributed by atoms with Crippen LogP contribution < -0.4 is 5.32 Å². The Morgan fingerprint density at radius 3 is 2.65 bits per heavy atom. The van der Waals surface area contributed by atoms with Gasteiger partial charge in [-0.1, -0.05) is 0 Å². The number of halogens is 1. The van der Waals surface area contributed by atoms with Gasteiger partial charge in [0.05, 0.1) is 6.42 Å². The van der Waals surface area contributed by atoms with Crippen LogP contribution in [0.15, 0.2) is 16.7 Å². The highest BCUT2D eigenvalue weighted by Crippen LogP contribution is 2.37. The van der Waals surface area contributed by atoms with E-state index in [1.807, 2.05) is 10.8 Å². The first kappa shape index (κ1) is 13.4. The van der Waals surface area contributed by atoms with Crippen molar-refractivity contribution in [2.45, 2.75) is 31.3 Å². The summed E-state index contributed by atoms with van der Waals surface area (Å²) in [4.78, 5) is 36.6. The highest BCUT2D eigenvalue weighted by atomic mass is 79.9. The molecule has 1 saturated heterocycles. The van der Waals surface area contributed by atoms with Gasteiger partial charge in [0.1, 0.15) is 11.7 Å². The summed E-state index contributed by atoms with van der Waals surface area (Å²) >= 11 is 3.36. The van der Waals surface area contributed by atoms with Gasteiger partial charge in [-0.05, 0) is 34.8 Å². The fourth-order valence-corrected chi connectivity index (χ4v) is 2.82. The molecule has 0 spiro atoms. The first-order chi connectivity index (χ1) is 9.47. The van der Waals surface area contributed by atoms with E-state index in [1.54, 1.807) is 6.07 Å². The van der Waals surface area contributed by atoms with Crippen LogP contribution in [0, 0.1) is 0 Å². The molecule has 1 aliphatic heterocycles. The molecule has 106 valence electrons. The molecule has 1 aliphatic carbocycles. The molecule has 20 heavy (non-hydrogen) atoms. The van der Waals surface area contributed by atoms with Crippen LogP contribution in [0.3, 0.4) is 0 Å². The van der Waals surface area contributed by atoms with Crippen molar-refractivity contribution in [3.05, 3.63) is 22.4 Å². The average Bonchev–Trinajstić information content (AvgIpc) is 3.13. The van der Waals surface area contributed by atoms with Crippen LogP contribution in [0.1, 0.15) is 35.8 Å². The summed E-state index contributed by atoms with van der Waals surface area (Å²) in [7, 11) is 1.43. The third kappa shape index (κ3) is 2.26. The second-order valence-corrected chi connectivity index (χ2v) is 6.12.